The first kappa shape index (κ1) is 19.7. The summed E-state index contributed by atoms with van der Waals surface area (Å²) in [5, 5.41) is 0. The van der Waals surface area contributed by atoms with Gasteiger partial charge in [0, 0.05) is 30.7 Å². The van der Waals surface area contributed by atoms with Crippen LogP contribution in [0.5, 0.6) is 5.75 Å². The van der Waals surface area contributed by atoms with Crippen LogP contribution in [0.3, 0.4) is 0 Å². The van der Waals surface area contributed by atoms with Crippen LogP contribution in [0.2, 0.25) is 0 Å². The van der Waals surface area contributed by atoms with Crippen LogP contribution in [0.4, 0.5) is 8.78 Å². The Morgan fingerprint density at radius 3 is 2.48 bits per heavy atom. The van der Waals surface area contributed by atoms with E-state index in [0.717, 1.165) is 17.7 Å². The summed E-state index contributed by atoms with van der Waals surface area (Å²) in [6.45, 7) is 1.08. The molecule has 146 valence electrons. The van der Waals surface area contributed by atoms with Gasteiger partial charge in [0.2, 0.25) is 10.0 Å². The lowest BCUT2D eigenvalue weighted by Gasteiger charge is -2.38. The van der Waals surface area contributed by atoms with Gasteiger partial charge in [-0.25, -0.2) is 21.9 Å². The van der Waals surface area contributed by atoms with Crippen LogP contribution >= 0.6 is 0 Å². The molecule has 0 atom stereocenters. The third-order valence-corrected chi connectivity index (χ3v) is 6.33. The highest BCUT2D eigenvalue weighted by atomic mass is 32.2. The van der Waals surface area contributed by atoms with Gasteiger partial charge in [-0.05, 0) is 37.1 Å². The minimum Gasteiger partial charge on any atom is -0.496 e. The van der Waals surface area contributed by atoms with Crippen molar-refractivity contribution in [2.24, 2.45) is 0 Å². The number of nitrogens with one attached hydrogen (secondary N) is 1. The second kappa shape index (κ2) is 7.92. The summed E-state index contributed by atoms with van der Waals surface area (Å²) in [5.74, 6) is -1.63. The minimum absolute atomic E-state index is 0.0953. The Balaban J connectivity index is 1.90. The molecular formula is C19H21F2NO4S. The number of hydrogen-bond acceptors (Lipinski definition) is 4. The number of ether oxygens (including phenoxy) is 2. The molecule has 3 rings (SSSR count). The van der Waals surface area contributed by atoms with Gasteiger partial charge in [-0.2, -0.15) is 0 Å². The van der Waals surface area contributed by atoms with Gasteiger partial charge in [0.1, 0.15) is 5.75 Å². The van der Waals surface area contributed by atoms with Crippen LogP contribution in [0, 0.1) is 11.6 Å². The van der Waals surface area contributed by atoms with Gasteiger partial charge in [-0.3, -0.25) is 0 Å². The Hall–Kier alpha value is -2.03. The Kier molecular flexibility index (Phi) is 5.78. The van der Waals surface area contributed by atoms with Crippen molar-refractivity contribution in [3.63, 3.8) is 0 Å². The lowest BCUT2D eigenvalue weighted by molar-refractivity contribution is 0.0509. The van der Waals surface area contributed by atoms with E-state index < -0.39 is 27.1 Å². The molecule has 2 aromatic rings. The van der Waals surface area contributed by atoms with Crippen molar-refractivity contribution >= 4 is 10.0 Å². The minimum atomic E-state index is -4.00. The summed E-state index contributed by atoms with van der Waals surface area (Å²) in [6.07, 6.45) is 1.21. The average Bonchev–Trinajstić information content (AvgIpc) is 2.69. The SMILES string of the molecule is COc1ccccc1C1(CNS(=O)(=O)c2ccc(F)c(F)c2)CCOCC1. The maximum atomic E-state index is 13.4. The summed E-state index contributed by atoms with van der Waals surface area (Å²) >= 11 is 0. The molecule has 5 nitrogen and oxygen atoms in total. The Labute approximate surface area is 157 Å². The Morgan fingerprint density at radius 2 is 1.81 bits per heavy atom. The first-order chi connectivity index (χ1) is 12.9. The normalized spacial score (nSPS) is 16.9. The molecule has 2 aromatic carbocycles. The van der Waals surface area contributed by atoms with E-state index in [1.54, 1.807) is 7.11 Å². The van der Waals surface area contributed by atoms with Gasteiger partial charge < -0.3 is 9.47 Å². The largest absolute Gasteiger partial charge is 0.496 e. The van der Waals surface area contributed by atoms with Crippen LogP contribution in [0.1, 0.15) is 18.4 Å². The summed E-state index contributed by atoms with van der Waals surface area (Å²) < 4.78 is 65.2. The predicted octanol–water partition coefficient (Wildman–Crippen LogP) is 3.00. The molecule has 8 heteroatoms. The smallest absolute Gasteiger partial charge is 0.240 e. The lowest BCUT2D eigenvalue weighted by atomic mass is 9.74. The maximum absolute atomic E-state index is 13.4. The summed E-state index contributed by atoms with van der Waals surface area (Å²) in [6, 6.07) is 9.98. The number of methoxy groups -OCH3 is 1. The van der Waals surface area contributed by atoms with Crippen LogP contribution < -0.4 is 9.46 Å². The molecule has 1 aliphatic heterocycles. The maximum Gasteiger partial charge on any atom is 0.240 e. The van der Waals surface area contributed by atoms with Crippen molar-refractivity contribution in [2.75, 3.05) is 26.9 Å². The Bertz CT molecular complexity index is 912. The molecule has 0 bridgehead atoms. The van der Waals surface area contributed by atoms with Crippen LogP contribution in [0.25, 0.3) is 0 Å². The zero-order valence-electron chi connectivity index (χ0n) is 14.9. The van der Waals surface area contributed by atoms with E-state index >= 15 is 0 Å². The molecule has 0 spiro atoms. The van der Waals surface area contributed by atoms with Crippen molar-refractivity contribution in [1.29, 1.82) is 0 Å². The summed E-state index contributed by atoms with van der Waals surface area (Å²) in [7, 11) is -2.44. The fourth-order valence-corrected chi connectivity index (χ4v) is 4.49. The van der Waals surface area contributed by atoms with Gasteiger partial charge >= 0.3 is 0 Å². The van der Waals surface area contributed by atoms with Crippen molar-refractivity contribution in [2.45, 2.75) is 23.2 Å². The highest BCUT2D eigenvalue weighted by molar-refractivity contribution is 7.89. The second-order valence-electron chi connectivity index (χ2n) is 6.49. The van der Waals surface area contributed by atoms with E-state index in [4.69, 9.17) is 9.47 Å². The molecule has 0 unspecified atom stereocenters. The molecule has 1 heterocycles. The molecule has 1 aliphatic rings. The van der Waals surface area contributed by atoms with E-state index in [1.807, 2.05) is 24.3 Å². The number of benzene rings is 2. The van der Waals surface area contributed by atoms with Crippen molar-refractivity contribution in [3.05, 3.63) is 59.7 Å². The molecule has 0 aliphatic carbocycles. The van der Waals surface area contributed by atoms with Gasteiger partial charge in [0.25, 0.3) is 0 Å². The molecule has 0 aromatic heterocycles. The quantitative estimate of drug-likeness (QED) is 0.814. The molecule has 0 saturated carbocycles. The molecular weight excluding hydrogens is 376 g/mol. The molecule has 1 N–H and O–H groups in total. The van der Waals surface area contributed by atoms with Gasteiger partial charge in [-0.15, -0.1) is 0 Å². The van der Waals surface area contributed by atoms with Crippen molar-refractivity contribution in [3.8, 4) is 5.75 Å². The van der Waals surface area contributed by atoms with Crippen molar-refractivity contribution in [1.82, 2.24) is 4.72 Å². The van der Waals surface area contributed by atoms with E-state index in [2.05, 4.69) is 4.72 Å². The zero-order chi connectivity index (χ0) is 19.5. The molecule has 0 amide bonds. The third kappa shape index (κ3) is 4.12. The van der Waals surface area contributed by atoms with E-state index in [-0.39, 0.29) is 11.4 Å². The van der Waals surface area contributed by atoms with Crippen LogP contribution in [-0.4, -0.2) is 35.3 Å². The highest BCUT2D eigenvalue weighted by Gasteiger charge is 2.38. The van der Waals surface area contributed by atoms with Crippen LogP contribution in [0.15, 0.2) is 47.4 Å². The molecule has 1 fully saturated rings. The average molecular weight is 397 g/mol. The van der Waals surface area contributed by atoms with E-state index in [9.17, 15) is 17.2 Å². The summed E-state index contributed by atoms with van der Waals surface area (Å²) in [5.41, 5.74) is 0.375. The monoisotopic (exact) mass is 397 g/mol. The first-order valence-electron chi connectivity index (χ1n) is 8.54. The number of halogens is 2. The lowest BCUT2D eigenvalue weighted by Crippen LogP contribution is -2.44. The zero-order valence-corrected chi connectivity index (χ0v) is 15.7. The van der Waals surface area contributed by atoms with Gasteiger partial charge in [0.05, 0.1) is 12.0 Å². The molecule has 0 radical (unpaired) electrons. The van der Waals surface area contributed by atoms with Gasteiger partial charge in [0.15, 0.2) is 11.6 Å². The third-order valence-electron chi connectivity index (χ3n) is 4.93. The van der Waals surface area contributed by atoms with Crippen LogP contribution in [-0.2, 0) is 20.2 Å². The standard InChI is InChI=1S/C19H21F2NO4S/c1-25-18-5-3-2-4-15(18)19(8-10-26-11-9-19)13-22-27(23,24)14-6-7-16(20)17(21)12-14/h2-7,12,22H,8-11,13H2,1H3. The molecule has 1 saturated heterocycles. The molecule has 27 heavy (non-hydrogen) atoms. The van der Waals surface area contributed by atoms with E-state index in [1.165, 1.54) is 0 Å². The second-order valence-corrected chi connectivity index (χ2v) is 8.26. The highest BCUT2D eigenvalue weighted by Crippen LogP contribution is 2.39. The first-order valence-corrected chi connectivity index (χ1v) is 10.0. The van der Waals surface area contributed by atoms with Gasteiger partial charge in [-0.1, -0.05) is 18.2 Å². The predicted molar refractivity (Wildman–Crippen MR) is 96.3 cm³/mol. The number of hydrogen-bond donors (Lipinski definition) is 1. The van der Waals surface area contributed by atoms with Crippen molar-refractivity contribution < 1.29 is 26.7 Å². The van der Waals surface area contributed by atoms with E-state index in [0.29, 0.717) is 37.9 Å². The topological polar surface area (TPSA) is 64.6 Å². The number of para-hydroxylation sites is 1. The fourth-order valence-electron chi connectivity index (χ4n) is 3.35. The summed E-state index contributed by atoms with van der Waals surface area (Å²) in [4.78, 5) is -0.316. The number of sulfonamides is 1. The Morgan fingerprint density at radius 1 is 1.11 bits per heavy atom. The number of rotatable bonds is 6. The fraction of sp³-hybridized carbons (Fsp3) is 0.368.